The second kappa shape index (κ2) is 3.77. The van der Waals surface area contributed by atoms with Crippen LogP contribution >= 0.6 is 0 Å². The summed E-state index contributed by atoms with van der Waals surface area (Å²) in [5.41, 5.74) is 0. The lowest BCUT2D eigenvalue weighted by molar-refractivity contribution is 0.325. The van der Waals surface area contributed by atoms with Gasteiger partial charge in [-0.25, -0.2) is 9.89 Å². The first-order chi connectivity index (χ1) is 6.34. The van der Waals surface area contributed by atoms with Crippen molar-refractivity contribution in [2.75, 3.05) is 0 Å². The average molecular weight is 182 g/mol. The maximum atomic E-state index is 10.6. The molecule has 13 heavy (non-hydrogen) atoms. The van der Waals surface area contributed by atoms with E-state index < -0.39 is 5.76 Å². The topological polar surface area (TPSA) is 58.9 Å². The molecule has 0 saturated heterocycles. The first kappa shape index (κ1) is 8.53. The van der Waals surface area contributed by atoms with Gasteiger partial charge in [-0.2, -0.15) is 0 Å². The summed E-state index contributed by atoms with van der Waals surface area (Å²) < 4.78 is 4.86. The molecule has 0 spiro atoms. The van der Waals surface area contributed by atoms with Crippen molar-refractivity contribution in [2.24, 2.45) is 5.92 Å². The van der Waals surface area contributed by atoms with E-state index in [0.717, 1.165) is 6.42 Å². The number of H-pyrrole nitrogens is 1. The van der Waals surface area contributed by atoms with E-state index in [2.05, 4.69) is 10.2 Å². The van der Waals surface area contributed by atoms with E-state index in [1.165, 1.54) is 32.1 Å². The van der Waals surface area contributed by atoms with E-state index >= 15 is 0 Å². The van der Waals surface area contributed by atoms with Crippen molar-refractivity contribution in [3.63, 3.8) is 0 Å². The third-order valence-corrected chi connectivity index (χ3v) is 2.67. The van der Waals surface area contributed by atoms with E-state index in [9.17, 15) is 4.79 Å². The Morgan fingerprint density at radius 2 is 2.15 bits per heavy atom. The summed E-state index contributed by atoms with van der Waals surface area (Å²) in [6, 6.07) is 0. The van der Waals surface area contributed by atoms with Gasteiger partial charge in [0.1, 0.15) is 0 Å². The predicted molar refractivity (Wildman–Crippen MR) is 47.4 cm³/mol. The van der Waals surface area contributed by atoms with Crippen molar-refractivity contribution in [3.8, 4) is 0 Å². The van der Waals surface area contributed by atoms with Gasteiger partial charge in [0.25, 0.3) is 0 Å². The van der Waals surface area contributed by atoms with Gasteiger partial charge in [-0.05, 0) is 18.8 Å². The molecule has 0 aromatic carbocycles. The van der Waals surface area contributed by atoms with Crippen molar-refractivity contribution >= 4 is 0 Å². The van der Waals surface area contributed by atoms with Crippen molar-refractivity contribution in [2.45, 2.75) is 38.5 Å². The molecule has 1 aliphatic carbocycles. The quantitative estimate of drug-likeness (QED) is 0.753. The average Bonchev–Trinajstić information content (AvgIpc) is 2.53. The molecular weight excluding hydrogens is 168 g/mol. The molecule has 4 nitrogen and oxygen atoms in total. The van der Waals surface area contributed by atoms with Gasteiger partial charge in [0, 0.05) is 6.42 Å². The lowest BCUT2D eigenvalue weighted by atomic mass is 9.87. The summed E-state index contributed by atoms with van der Waals surface area (Å²) in [5, 5.41) is 6.09. The standard InChI is InChI=1S/C9H14N2O2/c12-9-11-10-8(13-9)6-7-4-2-1-3-5-7/h7H,1-6H2,(H,11,12). The van der Waals surface area contributed by atoms with Crippen LogP contribution in [0.25, 0.3) is 0 Å². The first-order valence-electron chi connectivity index (χ1n) is 4.89. The van der Waals surface area contributed by atoms with Gasteiger partial charge < -0.3 is 4.42 Å². The van der Waals surface area contributed by atoms with E-state index in [-0.39, 0.29) is 0 Å². The molecule has 1 aromatic heterocycles. The van der Waals surface area contributed by atoms with Gasteiger partial charge in [0.05, 0.1) is 0 Å². The zero-order valence-corrected chi connectivity index (χ0v) is 7.58. The zero-order valence-electron chi connectivity index (χ0n) is 7.58. The van der Waals surface area contributed by atoms with E-state index in [1.54, 1.807) is 0 Å². The van der Waals surface area contributed by atoms with Crippen LogP contribution in [-0.2, 0) is 6.42 Å². The Labute approximate surface area is 76.3 Å². The Hall–Kier alpha value is -1.06. The van der Waals surface area contributed by atoms with Crippen molar-refractivity contribution in [3.05, 3.63) is 16.4 Å². The van der Waals surface area contributed by atoms with Crippen LogP contribution in [0.1, 0.15) is 38.0 Å². The third kappa shape index (κ3) is 2.20. The molecule has 0 radical (unpaired) electrons. The summed E-state index contributed by atoms with van der Waals surface area (Å²) in [7, 11) is 0. The Bertz CT molecular complexity index is 309. The van der Waals surface area contributed by atoms with Crippen LogP contribution in [0.15, 0.2) is 9.21 Å². The van der Waals surface area contributed by atoms with Gasteiger partial charge in [-0.15, -0.1) is 5.10 Å². The molecular formula is C9H14N2O2. The van der Waals surface area contributed by atoms with E-state index in [1.807, 2.05) is 0 Å². The van der Waals surface area contributed by atoms with Gasteiger partial charge in [-0.3, -0.25) is 0 Å². The molecule has 0 amide bonds. The molecule has 1 aliphatic rings. The molecule has 4 heteroatoms. The number of hydrogen-bond acceptors (Lipinski definition) is 3. The predicted octanol–water partition coefficient (Wildman–Crippen LogP) is 1.49. The first-order valence-corrected chi connectivity index (χ1v) is 4.89. The lowest BCUT2D eigenvalue weighted by Gasteiger charge is -2.19. The van der Waals surface area contributed by atoms with Crippen molar-refractivity contribution < 1.29 is 4.42 Å². The normalized spacial score (nSPS) is 19.1. The van der Waals surface area contributed by atoms with E-state index in [4.69, 9.17) is 4.42 Å². The van der Waals surface area contributed by atoms with Crippen LogP contribution in [0.3, 0.4) is 0 Å². The molecule has 0 bridgehead atoms. The van der Waals surface area contributed by atoms with Crippen molar-refractivity contribution in [1.82, 2.24) is 10.2 Å². The second-order valence-electron chi connectivity index (χ2n) is 3.72. The summed E-state index contributed by atoms with van der Waals surface area (Å²) in [6.45, 7) is 0. The van der Waals surface area contributed by atoms with Crippen LogP contribution in [0.5, 0.6) is 0 Å². The molecule has 1 heterocycles. The zero-order chi connectivity index (χ0) is 9.10. The van der Waals surface area contributed by atoms with Crippen LogP contribution in [0.4, 0.5) is 0 Å². The van der Waals surface area contributed by atoms with E-state index in [0.29, 0.717) is 11.8 Å². The molecule has 72 valence electrons. The molecule has 0 atom stereocenters. The fourth-order valence-corrected chi connectivity index (χ4v) is 1.99. The number of aromatic nitrogens is 2. The monoisotopic (exact) mass is 182 g/mol. The number of nitrogens with zero attached hydrogens (tertiary/aromatic N) is 1. The smallest absolute Gasteiger partial charge is 0.392 e. The minimum Gasteiger partial charge on any atom is -0.392 e. The molecule has 0 aliphatic heterocycles. The fourth-order valence-electron chi connectivity index (χ4n) is 1.99. The van der Waals surface area contributed by atoms with Gasteiger partial charge in [0.15, 0.2) is 0 Å². The maximum absolute atomic E-state index is 10.6. The SMILES string of the molecule is O=c1[nH]nc(CC2CCCCC2)o1. The number of hydrogen-bond donors (Lipinski definition) is 1. The molecule has 1 aromatic rings. The maximum Gasteiger partial charge on any atom is 0.434 e. The molecule has 2 rings (SSSR count). The molecule has 1 saturated carbocycles. The third-order valence-electron chi connectivity index (χ3n) is 2.67. The number of nitrogens with one attached hydrogen (secondary N) is 1. The number of rotatable bonds is 2. The van der Waals surface area contributed by atoms with Gasteiger partial charge in [-0.1, -0.05) is 19.3 Å². The second-order valence-corrected chi connectivity index (χ2v) is 3.72. The molecule has 1 fully saturated rings. The molecule has 0 unspecified atom stereocenters. The van der Waals surface area contributed by atoms with Crippen LogP contribution < -0.4 is 5.76 Å². The largest absolute Gasteiger partial charge is 0.434 e. The van der Waals surface area contributed by atoms with Crippen LogP contribution in [-0.4, -0.2) is 10.2 Å². The fraction of sp³-hybridized carbons (Fsp3) is 0.778. The Morgan fingerprint density at radius 1 is 1.38 bits per heavy atom. The molecule has 1 N–H and O–H groups in total. The highest BCUT2D eigenvalue weighted by molar-refractivity contribution is 4.79. The summed E-state index contributed by atoms with van der Waals surface area (Å²) in [4.78, 5) is 10.6. The summed E-state index contributed by atoms with van der Waals surface area (Å²) >= 11 is 0. The van der Waals surface area contributed by atoms with Gasteiger partial charge >= 0.3 is 5.76 Å². The minimum atomic E-state index is -0.439. The highest BCUT2D eigenvalue weighted by Gasteiger charge is 2.16. The van der Waals surface area contributed by atoms with Crippen LogP contribution in [0, 0.1) is 5.92 Å². The Balaban J connectivity index is 1.93. The Kier molecular flexibility index (Phi) is 2.47. The van der Waals surface area contributed by atoms with Crippen molar-refractivity contribution in [1.29, 1.82) is 0 Å². The van der Waals surface area contributed by atoms with Crippen LogP contribution in [0.2, 0.25) is 0 Å². The summed E-state index contributed by atoms with van der Waals surface area (Å²) in [5.74, 6) is 0.794. The summed E-state index contributed by atoms with van der Waals surface area (Å²) in [6.07, 6.45) is 7.27. The van der Waals surface area contributed by atoms with Gasteiger partial charge in [0.2, 0.25) is 5.89 Å². The minimum absolute atomic E-state index is 0.439. The lowest BCUT2D eigenvalue weighted by Crippen LogP contribution is -2.09. The number of aromatic amines is 1. The highest BCUT2D eigenvalue weighted by Crippen LogP contribution is 2.25. The highest BCUT2D eigenvalue weighted by atomic mass is 16.4. The Morgan fingerprint density at radius 3 is 2.77 bits per heavy atom.